The molecule has 1 rings (SSSR count). The third-order valence-electron chi connectivity index (χ3n) is 2.24. The van der Waals surface area contributed by atoms with Crippen LogP contribution < -0.4 is 0 Å². The fourth-order valence-corrected chi connectivity index (χ4v) is 1.65. The van der Waals surface area contributed by atoms with Crippen LogP contribution in [0.3, 0.4) is 0 Å². The van der Waals surface area contributed by atoms with Crippen LogP contribution in [0.4, 0.5) is 0 Å². The minimum atomic E-state index is 0.101. The van der Waals surface area contributed by atoms with Crippen molar-refractivity contribution in [2.75, 3.05) is 6.61 Å². The summed E-state index contributed by atoms with van der Waals surface area (Å²) in [5.41, 5.74) is 2.35. The van der Waals surface area contributed by atoms with Gasteiger partial charge in [-0.2, -0.15) is 0 Å². The molecule has 0 aliphatic carbocycles. The summed E-state index contributed by atoms with van der Waals surface area (Å²) in [6, 6.07) is 0. The maximum atomic E-state index is 8.98. The average molecular weight is 186 g/mol. The molecule has 1 aliphatic heterocycles. The van der Waals surface area contributed by atoms with Gasteiger partial charge in [0.1, 0.15) is 0 Å². The van der Waals surface area contributed by atoms with Gasteiger partial charge in [-0.25, -0.2) is 0 Å². The largest absolute Gasteiger partial charge is 0.392 e. The van der Waals surface area contributed by atoms with E-state index in [9.17, 15) is 0 Å². The first kappa shape index (κ1) is 12.7. The van der Waals surface area contributed by atoms with Crippen molar-refractivity contribution >= 4 is 0 Å². The lowest BCUT2D eigenvalue weighted by molar-refractivity contribution is 0.0106. The number of aliphatic hydroxyl groups excluding tert-OH is 1. The molecular weight excluding hydrogens is 164 g/mol. The van der Waals surface area contributed by atoms with Crippen molar-refractivity contribution in [1.82, 2.24) is 0 Å². The molecule has 0 saturated heterocycles. The van der Waals surface area contributed by atoms with Crippen LogP contribution in [-0.4, -0.2) is 23.9 Å². The van der Waals surface area contributed by atoms with Crippen LogP contribution in [0.5, 0.6) is 0 Å². The Kier molecular flexibility index (Phi) is 6.00. The number of aliphatic hydroxyl groups is 1. The van der Waals surface area contributed by atoms with Gasteiger partial charge in [-0.05, 0) is 32.8 Å². The Morgan fingerprint density at radius 3 is 2.31 bits per heavy atom. The van der Waals surface area contributed by atoms with E-state index >= 15 is 0 Å². The number of hydrogen-bond acceptors (Lipinski definition) is 2. The number of hydrogen-bond donors (Lipinski definition) is 1. The molecule has 0 aromatic carbocycles. The number of rotatable bonds is 1. The Bertz CT molecular complexity index is 173. The zero-order valence-electron chi connectivity index (χ0n) is 9.42. The molecule has 0 aromatic heterocycles. The highest BCUT2D eigenvalue weighted by molar-refractivity contribution is 5.19. The summed E-state index contributed by atoms with van der Waals surface area (Å²) in [7, 11) is 0. The Hall–Kier alpha value is -0.340. The van der Waals surface area contributed by atoms with Gasteiger partial charge in [0.2, 0.25) is 0 Å². The summed E-state index contributed by atoms with van der Waals surface area (Å²) >= 11 is 0. The van der Waals surface area contributed by atoms with E-state index in [4.69, 9.17) is 9.84 Å². The highest BCUT2D eigenvalue weighted by atomic mass is 16.5. The fourth-order valence-electron chi connectivity index (χ4n) is 1.65. The lowest BCUT2D eigenvalue weighted by Crippen LogP contribution is -2.27. The van der Waals surface area contributed by atoms with Crippen LogP contribution in [0.2, 0.25) is 0 Å². The van der Waals surface area contributed by atoms with E-state index < -0.39 is 0 Å². The molecule has 0 bridgehead atoms. The van der Waals surface area contributed by atoms with E-state index in [0.29, 0.717) is 6.10 Å². The summed E-state index contributed by atoms with van der Waals surface area (Å²) in [6.45, 7) is 10.3. The molecule has 0 saturated carbocycles. The first-order valence-electron chi connectivity index (χ1n) is 5.10. The van der Waals surface area contributed by atoms with Crippen molar-refractivity contribution in [3.8, 4) is 0 Å². The first-order chi connectivity index (χ1) is 6.15. The molecule has 2 nitrogen and oxygen atoms in total. The highest BCUT2D eigenvalue weighted by Crippen LogP contribution is 2.24. The molecule has 1 N–H and O–H groups in total. The lowest BCUT2D eigenvalue weighted by atomic mass is 9.97. The van der Waals surface area contributed by atoms with Gasteiger partial charge < -0.3 is 9.84 Å². The summed E-state index contributed by atoms with van der Waals surface area (Å²) < 4.78 is 5.54. The van der Waals surface area contributed by atoms with E-state index in [2.05, 4.69) is 13.8 Å². The van der Waals surface area contributed by atoms with Crippen LogP contribution in [0.25, 0.3) is 0 Å². The van der Waals surface area contributed by atoms with Crippen molar-refractivity contribution < 1.29 is 9.84 Å². The van der Waals surface area contributed by atoms with E-state index in [1.807, 2.05) is 20.8 Å². The van der Waals surface area contributed by atoms with Crippen LogP contribution in [-0.2, 0) is 4.74 Å². The van der Waals surface area contributed by atoms with Crippen LogP contribution in [0, 0.1) is 0 Å². The lowest BCUT2D eigenvalue weighted by Gasteiger charge is -2.28. The van der Waals surface area contributed by atoms with Gasteiger partial charge in [-0.15, -0.1) is 0 Å². The molecule has 0 aromatic rings. The molecule has 0 spiro atoms. The van der Waals surface area contributed by atoms with Gasteiger partial charge in [-0.1, -0.05) is 19.4 Å². The maximum absolute atomic E-state index is 8.98. The minimum absolute atomic E-state index is 0.101. The standard InChI is InChI=1S/C9H16O2.C2H6/c1-6-4-7(2)11-8(3)9(6)5-10;1-2/h7-8,10H,4-5H2,1-3H3;1-2H3/t7-,8?;/m0./s1. The number of ether oxygens (including phenoxy) is 1. The molecular formula is C11H22O2. The molecule has 0 radical (unpaired) electrons. The van der Waals surface area contributed by atoms with Crippen molar-refractivity contribution in [2.45, 2.75) is 53.2 Å². The Morgan fingerprint density at radius 1 is 1.38 bits per heavy atom. The zero-order chi connectivity index (χ0) is 10.4. The Balaban J connectivity index is 0.000000671. The predicted octanol–water partition coefficient (Wildman–Crippen LogP) is 2.52. The van der Waals surface area contributed by atoms with Crippen molar-refractivity contribution in [3.63, 3.8) is 0 Å². The summed E-state index contributed by atoms with van der Waals surface area (Å²) in [6.07, 6.45) is 1.37. The zero-order valence-corrected chi connectivity index (χ0v) is 9.42. The van der Waals surface area contributed by atoms with Crippen molar-refractivity contribution in [2.24, 2.45) is 0 Å². The van der Waals surface area contributed by atoms with Crippen LogP contribution >= 0.6 is 0 Å². The summed E-state index contributed by atoms with van der Waals surface area (Å²) in [5.74, 6) is 0. The minimum Gasteiger partial charge on any atom is -0.392 e. The normalized spacial score (nSPS) is 28.2. The molecule has 1 heterocycles. The highest BCUT2D eigenvalue weighted by Gasteiger charge is 2.20. The fraction of sp³-hybridized carbons (Fsp3) is 0.818. The molecule has 0 amide bonds. The molecule has 78 valence electrons. The average Bonchev–Trinajstić information content (AvgIpc) is 2.07. The molecule has 13 heavy (non-hydrogen) atoms. The SMILES string of the molecule is CC.CC1=C(CO)C(C)O[C@@H](C)C1. The van der Waals surface area contributed by atoms with Crippen molar-refractivity contribution in [3.05, 3.63) is 11.1 Å². The predicted molar refractivity (Wildman–Crippen MR) is 55.8 cm³/mol. The first-order valence-corrected chi connectivity index (χ1v) is 5.10. The third kappa shape index (κ3) is 3.49. The van der Waals surface area contributed by atoms with Crippen LogP contribution in [0.15, 0.2) is 11.1 Å². The van der Waals surface area contributed by atoms with Gasteiger partial charge >= 0.3 is 0 Å². The quantitative estimate of drug-likeness (QED) is 0.638. The molecule has 2 heteroatoms. The maximum Gasteiger partial charge on any atom is 0.0785 e. The van der Waals surface area contributed by atoms with Gasteiger partial charge in [0.05, 0.1) is 18.8 Å². The van der Waals surface area contributed by atoms with Gasteiger partial charge in [-0.3, -0.25) is 0 Å². The topological polar surface area (TPSA) is 29.5 Å². The Morgan fingerprint density at radius 2 is 1.92 bits per heavy atom. The molecule has 1 unspecified atom stereocenters. The monoisotopic (exact) mass is 186 g/mol. The molecule has 0 fully saturated rings. The van der Waals surface area contributed by atoms with Crippen LogP contribution in [0.1, 0.15) is 41.0 Å². The Labute approximate surface area is 81.6 Å². The second kappa shape index (κ2) is 6.17. The molecule has 2 atom stereocenters. The van der Waals surface area contributed by atoms with E-state index in [1.54, 1.807) is 0 Å². The molecule has 1 aliphatic rings. The van der Waals surface area contributed by atoms with Gasteiger partial charge in [0.15, 0.2) is 0 Å². The summed E-state index contributed by atoms with van der Waals surface area (Å²) in [5, 5.41) is 8.98. The van der Waals surface area contributed by atoms with E-state index in [0.717, 1.165) is 12.0 Å². The summed E-state index contributed by atoms with van der Waals surface area (Å²) in [4.78, 5) is 0. The second-order valence-electron chi connectivity index (χ2n) is 3.26. The smallest absolute Gasteiger partial charge is 0.0785 e. The third-order valence-corrected chi connectivity index (χ3v) is 2.24. The van der Waals surface area contributed by atoms with E-state index in [1.165, 1.54) is 5.57 Å². The van der Waals surface area contributed by atoms with Gasteiger partial charge in [0.25, 0.3) is 0 Å². The van der Waals surface area contributed by atoms with Crippen molar-refractivity contribution in [1.29, 1.82) is 0 Å². The second-order valence-corrected chi connectivity index (χ2v) is 3.26. The van der Waals surface area contributed by atoms with Gasteiger partial charge in [0, 0.05) is 0 Å². The van der Waals surface area contributed by atoms with E-state index in [-0.39, 0.29) is 12.7 Å².